The number of carboxylic acid groups (broad SMARTS) is 1. The van der Waals surface area contributed by atoms with E-state index in [0.29, 0.717) is 0 Å². The summed E-state index contributed by atoms with van der Waals surface area (Å²) in [5, 5.41) is 38.8. The number of aliphatic hydroxyl groups is 3. The van der Waals surface area contributed by atoms with Crippen LogP contribution in [0.4, 0.5) is 0 Å². The molecular formula is C21H21ClO8. The Balaban J connectivity index is 1.75. The molecule has 0 aromatic heterocycles. The number of carbonyl (C=O) groups is 1. The number of carboxylic acids is 1. The van der Waals surface area contributed by atoms with E-state index < -0.39 is 36.7 Å². The molecule has 1 aliphatic heterocycles. The van der Waals surface area contributed by atoms with Crippen LogP contribution in [-0.4, -0.2) is 64.2 Å². The third-order valence-corrected chi connectivity index (χ3v) is 4.96. The van der Waals surface area contributed by atoms with Crippen LogP contribution in [0.2, 0.25) is 0 Å². The predicted octanol–water partition coefficient (Wildman–Crippen LogP) is 1.59. The van der Waals surface area contributed by atoms with Gasteiger partial charge in [0.1, 0.15) is 29.8 Å². The third kappa shape index (κ3) is 4.58. The van der Waals surface area contributed by atoms with Crippen molar-refractivity contribution in [2.75, 3.05) is 7.11 Å². The van der Waals surface area contributed by atoms with Crippen LogP contribution in [0.3, 0.4) is 0 Å². The molecule has 9 heteroatoms. The lowest BCUT2D eigenvalue weighted by Crippen LogP contribution is -2.61. The first kappa shape index (κ1) is 22.1. The molecule has 1 fully saturated rings. The van der Waals surface area contributed by atoms with Crippen LogP contribution in [0.1, 0.15) is 11.1 Å². The van der Waals surface area contributed by atoms with E-state index in [1.807, 2.05) is 24.3 Å². The van der Waals surface area contributed by atoms with Crippen molar-refractivity contribution in [1.82, 2.24) is 0 Å². The molecule has 0 aliphatic carbocycles. The van der Waals surface area contributed by atoms with E-state index in [1.54, 1.807) is 31.4 Å². The second-order valence-corrected chi connectivity index (χ2v) is 6.85. The number of aliphatic carboxylic acids is 1. The lowest BCUT2D eigenvalue weighted by Gasteiger charge is -2.38. The monoisotopic (exact) mass is 436 g/mol. The van der Waals surface area contributed by atoms with Crippen molar-refractivity contribution in [2.45, 2.75) is 30.7 Å². The van der Waals surface area contributed by atoms with Crippen molar-refractivity contribution in [2.24, 2.45) is 0 Å². The number of aliphatic hydroxyl groups excluding tert-OH is 3. The minimum Gasteiger partial charge on any atom is -0.497 e. The van der Waals surface area contributed by atoms with Gasteiger partial charge in [0.05, 0.1) is 7.11 Å². The molecule has 8 nitrogen and oxygen atoms in total. The fourth-order valence-electron chi connectivity index (χ4n) is 3.06. The summed E-state index contributed by atoms with van der Waals surface area (Å²) in [6.45, 7) is 0. The first-order valence-corrected chi connectivity index (χ1v) is 9.43. The van der Waals surface area contributed by atoms with Crippen molar-refractivity contribution < 1.29 is 39.4 Å². The molecule has 2 aromatic carbocycles. The van der Waals surface area contributed by atoms with E-state index in [1.165, 1.54) is 5.54 Å². The molecule has 30 heavy (non-hydrogen) atoms. The number of rotatable bonds is 6. The molecule has 0 amide bonds. The first-order chi connectivity index (χ1) is 14.3. The lowest BCUT2D eigenvalue weighted by molar-refractivity contribution is -0.271. The van der Waals surface area contributed by atoms with Gasteiger partial charge in [0.2, 0.25) is 6.29 Å². The van der Waals surface area contributed by atoms with Gasteiger partial charge in [0.25, 0.3) is 0 Å². The molecule has 160 valence electrons. The Morgan fingerprint density at radius 1 is 0.933 bits per heavy atom. The Morgan fingerprint density at radius 3 is 1.93 bits per heavy atom. The van der Waals surface area contributed by atoms with Crippen LogP contribution in [0, 0.1) is 0 Å². The normalized spacial score (nSPS) is 26.8. The van der Waals surface area contributed by atoms with Gasteiger partial charge < -0.3 is 34.6 Å². The van der Waals surface area contributed by atoms with Gasteiger partial charge in [-0.3, -0.25) is 0 Å². The maximum absolute atomic E-state index is 11.2. The molecule has 0 saturated carbocycles. The number of ether oxygens (including phenoxy) is 3. The molecule has 4 N–H and O–H groups in total. The highest BCUT2D eigenvalue weighted by atomic mass is 35.5. The van der Waals surface area contributed by atoms with Gasteiger partial charge in [0, 0.05) is 11.1 Å². The lowest BCUT2D eigenvalue weighted by atomic mass is 9.98. The average molecular weight is 437 g/mol. The fraction of sp³-hybridized carbons (Fsp3) is 0.286. The van der Waals surface area contributed by atoms with Gasteiger partial charge in [0.15, 0.2) is 6.10 Å². The quantitative estimate of drug-likeness (QED) is 0.538. The largest absolute Gasteiger partial charge is 0.497 e. The third-order valence-electron chi connectivity index (χ3n) is 4.74. The first-order valence-electron chi connectivity index (χ1n) is 9.00. The summed E-state index contributed by atoms with van der Waals surface area (Å²) in [7, 11) is 1.58. The smallest absolute Gasteiger partial charge is 0.335 e. The summed E-state index contributed by atoms with van der Waals surface area (Å²) in [6.07, 6.45) is -8.34. The number of hydrogen-bond donors (Lipinski definition) is 4. The van der Waals surface area contributed by atoms with Gasteiger partial charge in [-0.05, 0) is 35.4 Å². The second-order valence-electron chi connectivity index (χ2n) is 6.63. The van der Waals surface area contributed by atoms with Gasteiger partial charge >= 0.3 is 5.97 Å². The van der Waals surface area contributed by atoms with Crippen molar-refractivity contribution in [3.05, 3.63) is 65.2 Å². The molecule has 1 saturated heterocycles. The highest BCUT2D eigenvalue weighted by Gasteiger charge is 2.48. The SMILES string of the molecule is COc1ccc(/C(=C\Cl)c2ccc(O[C@@H]3O[C@H](C(=O)O)[C@@H](O)[C@H](O)[C@H]3O)cc2)cc1. The van der Waals surface area contributed by atoms with Crippen molar-refractivity contribution in [3.63, 3.8) is 0 Å². The van der Waals surface area contributed by atoms with E-state index >= 15 is 0 Å². The van der Waals surface area contributed by atoms with E-state index in [-0.39, 0.29) is 5.75 Å². The van der Waals surface area contributed by atoms with Crippen LogP contribution in [0.5, 0.6) is 11.5 Å². The minimum atomic E-state index is -1.78. The molecule has 1 heterocycles. The Hall–Kier alpha value is -2.62. The summed E-state index contributed by atoms with van der Waals surface area (Å²) in [6, 6.07) is 14.0. The molecule has 0 unspecified atom stereocenters. The molecular weight excluding hydrogens is 416 g/mol. The Bertz CT molecular complexity index is 896. The van der Waals surface area contributed by atoms with Gasteiger partial charge in [-0.25, -0.2) is 4.79 Å². The van der Waals surface area contributed by atoms with Crippen LogP contribution in [0.25, 0.3) is 5.57 Å². The van der Waals surface area contributed by atoms with E-state index in [2.05, 4.69) is 0 Å². The predicted molar refractivity (Wildman–Crippen MR) is 107 cm³/mol. The summed E-state index contributed by atoms with van der Waals surface area (Å²) < 4.78 is 15.8. The van der Waals surface area contributed by atoms with Gasteiger partial charge in [-0.15, -0.1) is 0 Å². The van der Waals surface area contributed by atoms with Crippen LogP contribution >= 0.6 is 11.6 Å². The van der Waals surface area contributed by atoms with Crippen molar-refractivity contribution in [1.29, 1.82) is 0 Å². The highest BCUT2D eigenvalue weighted by molar-refractivity contribution is 6.29. The minimum absolute atomic E-state index is 0.263. The Labute approximate surface area is 177 Å². The number of halogens is 1. The molecule has 2 aromatic rings. The summed E-state index contributed by atoms with van der Waals surface area (Å²) in [5.41, 5.74) is 3.85. The van der Waals surface area contributed by atoms with Gasteiger partial charge in [-0.2, -0.15) is 0 Å². The summed E-state index contributed by atoms with van der Waals surface area (Å²) in [4.78, 5) is 11.2. The van der Waals surface area contributed by atoms with E-state index in [9.17, 15) is 20.1 Å². The maximum atomic E-state index is 11.2. The standard InChI is InChI=1S/C21H21ClO8/c1-28-13-6-2-11(3-7-13)15(10-22)12-4-8-14(9-5-12)29-21-18(25)16(23)17(24)19(30-21)20(26)27/h2-10,16-19,21,23-25H,1H3,(H,26,27)/b15-10+/t16-,17-,18+,19-,21+/m0/s1. The topological polar surface area (TPSA) is 126 Å². The zero-order valence-corrected chi connectivity index (χ0v) is 16.6. The molecule has 3 rings (SSSR count). The molecule has 1 aliphatic rings. The zero-order chi connectivity index (χ0) is 21.8. The summed E-state index contributed by atoms with van der Waals surface area (Å²) in [5.74, 6) is -0.498. The van der Waals surface area contributed by atoms with Crippen molar-refractivity contribution >= 4 is 23.1 Å². The molecule has 0 bridgehead atoms. The molecule has 0 radical (unpaired) electrons. The molecule has 0 spiro atoms. The Morgan fingerprint density at radius 2 is 1.47 bits per heavy atom. The second kappa shape index (κ2) is 9.46. The van der Waals surface area contributed by atoms with Gasteiger partial charge in [-0.1, -0.05) is 35.9 Å². The van der Waals surface area contributed by atoms with E-state index in [4.69, 9.17) is 30.9 Å². The van der Waals surface area contributed by atoms with E-state index in [0.717, 1.165) is 22.4 Å². The Kier molecular flexibility index (Phi) is 6.96. The van der Waals surface area contributed by atoms with Crippen LogP contribution in [0.15, 0.2) is 54.1 Å². The van der Waals surface area contributed by atoms with Crippen LogP contribution in [-0.2, 0) is 9.53 Å². The maximum Gasteiger partial charge on any atom is 0.335 e. The highest BCUT2D eigenvalue weighted by Crippen LogP contribution is 2.29. The number of hydrogen-bond acceptors (Lipinski definition) is 7. The number of methoxy groups -OCH3 is 1. The average Bonchev–Trinajstić information content (AvgIpc) is 2.76. The zero-order valence-electron chi connectivity index (χ0n) is 15.9. The summed E-state index contributed by atoms with van der Waals surface area (Å²) >= 11 is 6.02. The molecule has 5 atom stereocenters. The number of benzene rings is 2. The van der Waals surface area contributed by atoms with Crippen LogP contribution < -0.4 is 9.47 Å². The van der Waals surface area contributed by atoms with Crippen molar-refractivity contribution in [3.8, 4) is 11.5 Å². The fourth-order valence-corrected chi connectivity index (χ4v) is 3.31.